The summed E-state index contributed by atoms with van der Waals surface area (Å²) in [5.41, 5.74) is 10.9. The number of nitrogens with zero attached hydrogens (tertiary/aromatic N) is 3. The summed E-state index contributed by atoms with van der Waals surface area (Å²) < 4.78 is 16.7. The second kappa shape index (κ2) is 7.64. The summed E-state index contributed by atoms with van der Waals surface area (Å²) in [6, 6.07) is 12.4. The Morgan fingerprint density at radius 1 is 1.10 bits per heavy atom. The van der Waals surface area contributed by atoms with Crippen molar-refractivity contribution < 1.29 is 18.0 Å². The molecule has 0 saturated carbocycles. The van der Waals surface area contributed by atoms with E-state index in [0.29, 0.717) is 28.2 Å². The fraction of sp³-hybridized carbons (Fsp3) is 0. The van der Waals surface area contributed by atoms with Crippen molar-refractivity contribution >= 4 is 28.9 Å². The van der Waals surface area contributed by atoms with Crippen LogP contribution >= 0.6 is 0 Å². The van der Waals surface area contributed by atoms with Gasteiger partial charge in [-0.05, 0) is 36.4 Å². The molecule has 152 valence electrons. The van der Waals surface area contributed by atoms with E-state index in [4.69, 9.17) is 19.0 Å². The Bertz CT molecular complexity index is 1370. The number of furan rings is 3. The molecule has 0 aliphatic heterocycles. The van der Waals surface area contributed by atoms with E-state index in [-0.39, 0.29) is 17.2 Å². The van der Waals surface area contributed by atoms with Gasteiger partial charge in [0.25, 0.3) is 0 Å². The van der Waals surface area contributed by atoms with Gasteiger partial charge in [-0.15, -0.1) is 0 Å². The van der Waals surface area contributed by atoms with Crippen molar-refractivity contribution in [2.75, 3.05) is 5.73 Å². The van der Waals surface area contributed by atoms with Gasteiger partial charge in [0.1, 0.15) is 11.5 Å². The SMILES string of the molecule is Nc1c(C(=O)N/N=C\c2cccnc2)oc2nc(-c3ccco3)cc(-c3ccco3)c12. The van der Waals surface area contributed by atoms with Crippen LogP contribution in [0, 0.1) is 0 Å². The highest BCUT2D eigenvalue weighted by atomic mass is 16.4. The minimum atomic E-state index is -0.611. The third kappa shape index (κ3) is 3.44. The number of nitrogens with two attached hydrogens (primary N) is 1. The molecule has 0 aliphatic rings. The third-order valence-corrected chi connectivity index (χ3v) is 4.53. The van der Waals surface area contributed by atoms with Crippen LogP contribution < -0.4 is 11.2 Å². The first-order chi connectivity index (χ1) is 15.2. The Labute approximate surface area is 175 Å². The number of carbonyl (C=O) groups is 1. The van der Waals surface area contributed by atoms with Gasteiger partial charge in [0.15, 0.2) is 5.76 Å². The van der Waals surface area contributed by atoms with Gasteiger partial charge in [-0.3, -0.25) is 9.78 Å². The van der Waals surface area contributed by atoms with Crippen molar-refractivity contribution in [3.63, 3.8) is 0 Å². The molecule has 0 fully saturated rings. The largest absolute Gasteiger partial charge is 0.464 e. The first kappa shape index (κ1) is 18.4. The number of fused-ring (bicyclic) bond motifs is 1. The fourth-order valence-corrected chi connectivity index (χ4v) is 3.13. The molecule has 0 aromatic carbocycles. The van der Waals surface area contributed by atoms with Crippen LogP contribution in [0.15, 0.2) is 85.7 Å². The minimum absolute atomic E-state index is 0.102. The van der Waals surface area contributed by atoms with Crippen LogP contribution in [0.3, 0.4) is 0 Å². The van der Waals surface area contributed by atoms with Crippen LogP contribution in [0.2, 0.25) is 0 Å². The molecule has 0 saturated heterocycles. The number of hydrogen-bond acceptors (Lipinski definition) is 8. The summed E-state index contributed by atoms with van der Waals surface area (Å²) in [5.74, 6) is 0.377. The smallest absolute Gasteiger partial charge is 0.309 e. The Morgan fingerprint density at radius 3 is 2.61 bits per heavy atom. The van der Waals surface area contributed by atoms with E-state index in [0.717, 1.165) is 5.56 Å². The van der Waals surface area contributed by atoms with E-state index in [1.54, 1.807) is 67.4 Å². The molecule has 3 N–H and O–H groups in total. The summed E-state index contributed by atoms with van der Waals surface area (Å²) in [5, 5.41) is 4.39. The van der Waals surface area contributed by atoms with Crippen LogP contribution in [0.25, 0.3) is 33.9 Å². The molecule has 31 heavy (non-hydrogen) atoms. The van der Waals surface area contributed by atoms with Gasteiger partial charge in [0.2, 0.25) is 11.5 Å². The van der Waals surface area contributed by atoms with E-state index >= 15 is 0 Å². The predicted molar refractivity (Wildman–Crippen MR) is 113 cm³/mol. The number of pyridine rings is 2. The van der Waals surface area contributed by atoms with Gasteiger partial charge in [0, 0.05) is 23.5 Å². The maximum absolute atomic E-state index is 12.7. The first-order valence-corrected chi connectivity index (χ1v) is 9.25. The standard InChI is InChI=1S/C22H15N5O4/c23-19-18-14(16-5-2-8-29-16)10-15(17-6-3-9-30-17)26-22(18)31-20(19)21(28)27-25-12-13-4-1-7-24-11-13/h1-12H,23H2,(H,27,28)/b25-12-. The highest BCUT2D eigenvalue weighted by molar-refractivity contribution is 6.09. The lowest BCUT2D eigenvalue weighted by Gasteiger charge is -2.03. The molecule has 0 atom stereocenters. The normalized spacial score (nSPS) is 11.4. The summed E-state index contributed by atoms with van der Waals surface area (Å²) in [6.07, 6.45) is 7.81. The minimum Gasteiger partial charge on any atom is -0.464 e. The Balaban J connectivity index is 1.56. The molecule has 1 amide bonds. The molecule has 0 bridgehead atoms. The lowest BCUT2D eigenvalue weighted by molar-refractivity contribution is 0.0930. The van der Waals surface area contributed by atoms with Gasteiger partial charge in [-0.25, -0.2) is 10.4 Å². The van der Waals surface area contributed by atoms with Crippen LogP contribution in [-0.2, 0) is 0 Å². The van der Waals surface area contributed by atoms with Gasteiger partial charge in [0.05, 0.1) is 29.8 Å². The number of hydrogen-bond donors (Lipinski definition) is 2. The summed E-state index contributed by atoms with van der Waals surface area (Å²) in [4.78, 5) is 21.1. The number of anilines is 1. The monoisotopic (exact) mass is 413 g/mol. The number of carbonyl (C=O) groups excluding carboxylic acids is 1. The maximum Gasteiger partial charge on any atom is 0.309 e. The van der Waals surface area contributed by atoms with Crippen molar-refractivity contribution in [2.45, 2.75) is 0 Å². The average Bonchev–Trinajstić information content (AvgIpc) is 3.56. The molecule has 5 aromatic heterocycles. The van der Waals surface area contributed by atoms with Crippen molar-refractivity contribution in [3.8, 4) is 22.8 Å². The predicted octanol–water partition coefficient (Wildman–Crippen LogP) is 4.09. The number of nitrogen functional groups attached to an aromatic ring is 1. The molecular formula is C22H15N5O4. The maximum atomic E-state index is 12.7. The van der Waals surface area contributed by atoms with E-state index in [1.807, 2.05) is 0 Å². The van der Waals surface area contributed by atoms with Crippen molar-refractivity contribution in [1.82, 2.24) is 15.4 Å². The molecule has 9 nitrogen and oxygen atoms in total. The van der Waals surface area contributed by atoms with Crippen molar-refractivity contribution in [3.05, 3.63) is 78.7 Å². The summed E-state index contributed by atoms with van der Waals surface area (Å²) >= 11 is 0. The Kier molecular flexibility index (Phi) is 4.53. The van der Waals surface area contributed by atoms with Crippen LogP contribution in [-0.4, -0.2) is 22.1 Å². The lowest BCUT2D eigenvalue weighted by Crippen LogP contribution is -2.18. The van der Waals surface area contributed by atoms with E-state index in [1.165, 1.54) is 6.21 Å². The zero-order chi connectivity index (χ0) is 21.2. The number of nitrogens with one attached hydrogen (secondary N) is 1. The Hall–Kier alpha value is -4.66. The highest BCUT2D eigenvalue weighted by Gasteiger charge is 2.24. The average molecular weight is 413 g/mol. The molecular weight excluding hydrogens is 398 g/mol. The van der Waals surface area contributed by atoms with Gasteiger partial charge >= 0.3 is 5.91 Å². The van der Waals surface area contributed by atoms with E-state index in [2.05, 4.69) is 20.5 Å². The van der Waals surface area contributed by atoms with Gasteiger partial charge < -0.3 is 19.0 Å². The molecule has 5 heterocycles. The number of hydrazone groups is 1. The van der Waals surface area contributed by atoms with E-state index < -0.39 is 5.91 Å². The van der Waals surface area contributed by atoms with Gasteiger partial charge in [-0.1, -0.05) is 6.07 Å². The van der Waals surface area contributed by atoms with Crippen LogP contribution in [0.5, 0.6) is 0 Å². The molecule has 0 aliphatic carbocycles. The number of rotatable bonds is 5. The quantitative estimate of drug-likeness (QED) is 0.327. The molecule has 0 radical (unpaired) electrons. The molecule has 0 unspecified atom stereocenters. The van der Waals surface area contributed by atoms with Crippen molar-refractivity contribution in [2.24, 2.45) is 5.10 Å². The molecule has 5 rings (SSSR count). The fourth-order valence-electron chi connectivity index (χ4n) is 3.13. The second-order valence-corrected chi connectivity index (χ2v) is 6.52. The zero-order valence-corrected chi connectivity index (χ0v) is 16.0. The highest BCUT2D eigenvalue weighted by Crippen LogP contribution is 2.38. The molecule has 0 spiro atoms. The molecule has 5 aromatic rings. The second-order valence-electron chi connectivity index (χ2n) is 6.52. The van der Waals surface area contributed by atoms with Crippen LogP contribution in [0.4, 0.5) is 5.69 Å². The first-order valence-electron chi connectivity index (χ1n) is 9.25. The lowest BCUT2D eigenvalue weighted by atomic mass is 10.1. The van der Waals surface area contributed by atoms with E-state index in [9.17, 15) is 4.79 Å². The summed E-state index contributed by atoms with van der Waals surface area (Å²) in [7, 11) is 0. The third-order valence-electron chi connectivity index (χ3n) is 4.53. The van der Waals surface area contributed by atoms with Gasteiger partial charge in [-0.2, -0.15) is 5.10 Å². The summed E-state index contributed by atoms with van der Waals surface area (Å²) in [6.45, 7) is 0. The Morgan fingerprint density at radius 2 is 1.90 bits per heavy atom. The van der Waals surface area contributed by atoms with Crippen LogP contribution in [0.1, 0.15) is 16.1 Å². The number of amides is 1. The zero-order valence-electron chi connectivity index (χ0n) is 16.0. The topological polar surface area (TPSA) is 133 Å². The number of aromatic nitrogens is 2. The van der Waals surface area contributed by atoms with Crippen molar-refractivity contribution in [1.29, 1.82) is 0 Å². The molecule has 9 heteroatoms.